The average molecular weight is 248 g/mol. The summed E-state index contributed by atoms with van der Waals surface area (Å²) in [6.45, 7) is 9.32. The summed E-state index contributed by atoms with van der Waals surface area (Å²) in [5.41, 5.74) is 0.986. The quantitative estimate of drug-likeness (QED) is 0.464. The number of methoxy groups -OCH3 is 1. The molecule has 0 amide bonds. The van der Waals surface area contributed by atoms with Gasteiger partial charge in [-0.15, -0.1) is 0 Å². The SMILES string of the molecule is CCCO[SiH](OCCC)OC(OC)=C(C)C. The van der Waals surface area contributed by atoms with Crippen LogP contribution in [0.2, 0.25) is 0 Å². The molecule has 0 heterocycles. The van der Waals surface area contributed by atoms with Gasteiger partial charge in [-0.25, -0.2) is 0 Å². The molecule has 0 aliphatic heterocycles. The Hall–Kier alpha value is -0.523. The van der Waals surface area contributed by atoms with Gasteiger partial charge >= 0.3 is 9.53 Å². The van der Waals surface area contributed by atoms with E-state index in [-0.39, 0.29) is 0 Å². The van der Waals surface area contributed by atoms with Crippen LogP contribution in [0, 0.1) is 0 Å². The van der Waals surface area contributed by atoms with Gasteiger partial charge in [-0.3, -0.25) is 0 Å². The molecule has 0 spiro atoms. The smallest absolute Gasteiger partial charge is 0.475 e. The van der Waals surface area contributed by atoms with Gasteiger partial charge in [0.2, 0.25) is 0 Å². The molecule has 5 heteroatoms. The molecule has 0 bridgehead atoms. The van der Waals surface area contributed by atoms with Crippen LogP contribution in [0.1, 0.15) is 40.5 Å². The van der Waals surface area contributed by atoms with Crippen molar-refractivity contribution in [1.29, 1.82) is 0 Å². The minimum absolute atomic E-state index is 0.517. The fraction of sp³-hybridized carbons (Fsp3) is 0.818. The van der Waals surface area contributed by atoms with Crippen LogP contribution < -0.4 is 0 Å². The van der Waals surface area contributed by atoms with Gasteiger partial charge in [-0.2, -0.15) is 0 Å². The first kappa shape index (κ1) is 15.5. The second-order valence-electron chi connectivity index (χ2n) is 3.64. The zero-order valence-corrected chi connectivity index (χ0v) is 12.2. The third-order valence-corrected chi connectivity index (χ3v) is 3.14. The van der Waals surface area contributed by atoms with Gasteiger partial charge in [0.15, 0.2) is 0 Å². The summed E-state index contributed by atoms with van der Waals surface area (Å²) in [4.78, 5) is 0. The van der Waals surface area contributed by atoms with E-state index in [0.29, 0.717) is 19.2 Å². The molecule has 4 nitrogen and oxygen atoms in total. The van der Waals surface area contributed by atoms with E-state index in [0.717, 1.165) is 18.4 Å². The Morgan fingerprint density at radius 1 is 1.00 bits per heavy atom. The first-order valence-electron chi connectivity index (χ1n) is 5.77. The average Bonchev–Trinajstić information content (AvgIpc) is 2.27. The van der Waals surface area contributed by atoms with Crippen molar-refractivity contribution in [2.45, 2.75) is 40.5 Å². The molecule has 96 valence electrons. The van der Waals surface area contributed by atoms with Crippen LogP contribution in [0.15, 0.2) is 11.5 Å². The lowest BCUT2D eigenvalue weighted by atomic mass is 10.4. The summed E-state index contributed by atoms with van der Waals surface area (Å²) < 4.78 is 21.9. The van der Waals surface area contributed by atoms with Crippen LogP contribution in [0.3, 0.4) is 0 Å². The van der Waals surface area contributed by atoms with Crippen LogP contribution in [0.25, 0.3) is 0 Å². The van der Waals surface area contributed by atoms with Crippen molar-refractivity contribution in [2.75, 3.05) is 20.3 Å². The zero-order valence-electron chi connectivity index (χ0n) is 11.0. The molecule has 0 rings (SSSR count). The van der Waals surface area contributed by atoms with E-state index in [1.54, 1.807) is 7.11 Å². The molecule has 0 radical (unpaired) electrons. The van der Waals surface area contributed by atoms with Gasteiger partial charge < -0.3 is 18.0 Å². The van der Waals surface area contributed by atoms with Crippen LogP contribution in [-0.2, 0) is 18.0 Å². The molecule has 0 saturated carbocycles. The van der Waals surface area contributed by atoms with Gasteiger partial charge in [0.1, 0.15) is 0 Å². The van der Waals surface area contributed by atoms with Crippen molar-refractivity contribution >= 4 is 9.53 Å². The summed E-state index contributed by atoms with van der Waals surface area (Å²) >= 11 is 0. The second kappa shape index (κ2) is 9.69. The number of rotatable bonds is 9. The van der Waals surface area contributed by atoms with Gasteiger partial charge in [0, 0.05) is 18.8 Å². The Balaban J connectivity index is 4.22. The zero-order chi connectivity index (χ0) is 12.4. The monoisotopic (exact) mass is 248 g/mol. The fourth-order valence-electron chi connectivity index (χ4n) is 1.00. The van der Waals surface area contributed by atoms with E-state index in [4.69, 9.17) is 18.0 Å². The minimum atomic E-state index is -2.08. The van der Waals surface area contributed by atoms with Crippen molar-refractivity contribution in [3.8, 4) is 0 Å². The van der Waals surface area contributed by atoms with E-state index in [9.17, 15) is 0 Å². The van der Waals surface area contributed by atoms with Gasteiger partial charge in [-0.05, 0) is 26.7 Å². The predicted octanol–water partition coefficient (Wildman–Crippen LogP) is 2.47. The Labute approximate surface area is 101 Å². The normalized spacial score (nSPS) is 10.4. The van der Waals surface area contributed by atoms with E-state index in [1.807, 2.05) is 13.8 Å². The standard InChI is InChI=1S/C11H24O4Si/c1-6-8-13-16(14-9-7-2)15-11(12-5)10(3)4/h16H,6-9H2,1-5H3. The van der Waals surface area contributed by atoms with E-state index in [2.05, 4.69) is 13.8 Å². The summed E-state index contributed by atoms with van der Waals surface area (Å²) in [6, 6.07) is 0. The molecule has 0 aromatic heterocycles. The summed E-state index contributed by atoms with van der Waals surface area (Å²) in [6.07, 6.45) is 1.92. The molecule has 0 aliphatic carbocycles. The molecule has 16 heavy (non-hydrogen) atoms. The molecule has 0 saturated heterocycles. The van der Waals surface area contributed by atoms with Crippen molar-refractivity contribution in [3.63, 3.8) is 0 Å². The third-order valence-electron chi connectivity index (χ3n) is 1.71. The molecule has 0 N–H and O–H groups in total. The van der Waals surface area contributed by atoms with Crippen molar-refractivity contribution in [1.82, 2.24) is 0 Å². The van der Waals surface area contributed by atoms with E-state index >= 15 is 0 Å². The Kier molecular flexibility index (Phi) is 9.37. The highest BCUT2D eigenvalue weighted by Gasteiger charge is 2.19. The lowest BCUT2D eigenvalue weighted by molar-refractivity contribution is 0.0592. The highest BCUT2D eigenvalue weighted by Crippen LogP contribution is 2.09. The van der Waals surface area contributed by atoms with E-state index < -0.39 is 9.53 Å². The number of hydrogen-bond donors (Lipinski definition) is 0. The maximum absolute atomic E-state index is 5.62. The molecule has 0 unspecified atom stereocenters. The molecule has 0 aliphatic rings. The van der Waals surface area contributed by atoms with Crippen LogP contribution in [0.4, 0.5) is 0 Å². The summed E-state index contributed by atoms with van der Waals surface area (Å²) in [5.74, 6) is 0.517. The second-order valence-corrected chi connectivity index (χ2v) is 5.12. The third kappa shape index (κ3) is 6.87. The Morgan fingerprint density at radius 3 is 1.81 bits per heavy atom. The van der Waals surface area contributed by atoms with E-state index in [1.165, 1.54) is 0 Å². The summed E-state index contributed by atoms with van der Waals surface area (Å²) in [7, 11) is -0.493. The van der Waals surface area contributed by atoms with Gasteiger partial charge in [-0.1, -0.05) is 13.8 Å². The maximum Gasteiger partial charge on any atom is 0.551 e. The highest BCUT2D eigenvalue weighted by molar-refractivity contribution is 6.36. The topological polar surface area (TPSA) is 36.9 Å². The Morgan fingerprint density at radius 2 is 1.50 bits per heavy atom. The molecular weight excluding hydrogens is 224 g/mol. The van der Waals surface area contributed by atoms with Crippen molar-refractivity contribution < 1.29 is 18.0 Å². The number of allylic oxidation sites excluding steroid dienone is 1. The molecule has 0 atom stereocenters. The first-order valence-corrected chi connectivity index (χ1v) is 7.18. The highest BCUT2D eigenvalue weighted by atomic mass is 28.3. The number of ether oxygens (including phenoxy) is 1. The fourth-order valence-corrected chi connectivity index (χ4v) is 2.60. The largest absolute Gasteiger partial charge is 0.551 e. The van der Waals surface area contributed by atoms with Crippen LogP contribution in [-0.4, -0.2) is 29.9 Å². The van der Waals surface area contributed by atoms with Crippen LogP contribution in [0.5, 0.6) is 0 Å². The van der Waals surface area contributed by atoms with Crippen molar-refractivity contribution in [2.24, 2.45) is 0 Å². The van der Waals surface area contributed by atoms with Crippen LogP contribution >= 0.6 is 0 Å². The lowest BCUT2D eigenvalue weighted by Crippen LogP contribution is -2.28. The maximum atomic E-state index is 5.62. The Bertz CT molecular complexity index is 194. The first-order chi connectivity index (χ1) is 7.65. The molecule has 0 aromatic carbocycles. The molecular formula is C11H24O4Si. The summed E-state index contributed by atoms with van der Waals surface area (Å²) in [5, 5.41) is 0. The number of hydrogen-bond acceptors (Lipinski definition) is 4. The molecule has 0 fully saturated rings. The van der Waals surface area contributed by atoms with Gasteiger partial charge in [0.25, 0.3) is 5.95 Å². The van der Waals surface area contributed by atoms with Crippen molar-refractivity contribution in [3.05, 3.63) is 11.5 Å². The minimum Gasteiger partial charge on any atom is -0.475 e. The van der Waals surface area contributed by atoms with Gasteiger partial charge in [0.05, 0.1) is 7.11 Å². The predicted molar refractivity (Wildman–Crippen MR) is 66.1 cm³/mol. The lowest BCUT2D eigenvalue weighted by Gasteiger charge is -2.19. The molecule has 0 aromatic rings.